The molecule has 1 atom stereocenters. The van der Waals surface area contributed by atoms with E-state index >= 15 is 0 Å². The fourth-order valence-corrected chi connectivity index (χ4v) is 9.94. The van der Waals surface area contributed by atoms with E-state index in [0.717, 1.165) is 83.1 Å². The average molecular weight is 924 g/mol. The molecule has 0 aliphatic carbocycles. The molecule has 0 spiro atoms. The molecule has 15 heteroatoms. The van der Waals surface area contributed by atoms with Crippen molar-refractivity contribution in [3.05, 3.63) is 142 Å². The third-order valence-electron chi connectivity index (χ3n) is 12.1. The second kappa shape index (κ2) is 20.0. The number of fused-ring (bicyclic) bond motifs is 6. The van der Waals surface area contributed by atoms with Gasteiger partial charge in [-0.25, -0.2) is 29.1 Å². The van der Waals surface area contributed by atoms with E-state index in [9.17, 15) is 14.4 Å². The Hall–Kier alpha value is -6.34. The Kier molecular flexibility index (Phi) is 13.6. The van der Waals surface area contributed by atoms with Gasteiger partial charge in [0.25, 0.3) is 0 Å². The summed E-state index contributed by atoms with van der Waals surface area (Å²) in [6.45, 7) is 10.9. The van der Waals surface area contributed by atoms with Crippen LogP contribution in [0.3, 0.4) is 0 Å². The summed E-state index contributed by atoms with van der Waals surface area (Å²) in [5.74, 6) is 0.243. The Morgan fingerprint density at radius 1 is 0.939 bits per heavy atom. The van der Waals surface area contributed by atoms with Gasteiger partial charge in [0.15, 0.2) is 5.82 Å². The predicted molar refractivity (Wildman–Crippen MR) is 254 cm³/mol. The van der Waals surface area contributed by atoms with Crippen molar-refractivity contribution in [1.29, 1.82) is 5.26 Å². The third kappa shape index (κ3) is 9.77. The average Bonchev–Trinajstić information content (AvgIpc) is 3.72. The van der Waals surface area contributed by atoms with E-state index in [0.29, 0.717) is 56.7 Å². The molecule has 12 nitrogen and oxygen atoms in total. The standard InChI is InChI=1S/C51H48ClFN8O4S/c1-4-63-51(62)43-26-37-25-33(9-16-42(37)64-30-39-17-18-55-48(58-39)41-8-6-5-7-35(41)27-54)28-61(24-23-60-21-19-59(3)20-22-60)29-36-12-15-40(32(2)46(36)52)44-45-49(65-43)56-31-57-50(45)66-47(44)34-10-13-38(53)14-11-34/h5-18,25,31,43H,4,19-24,26,28-30H2,1-3H3/t43-/m1/s1. The molecule has 3 aliphatic heterocycles. The van der Waals surface area contributed by atoms with Gasteiger partial charge < -0.3 is 19.1 Å². The highest BCUT2D eigenvalue weighted by molar-refractivity contribution is 7.22. The number of nitriles is 1. The summed E-state index contributed by atoms with van der Waals surface area (Å²) >= 11 is 8.85. The van der Waals surface area contributed by atoms with Gasteiger partial charge >= 0.3 is 5.97 Å². The number of thiophene rings is 1. The fraction of sp³-hybridized carbons (Fsp3) is 0.294. The van der Waals surface area contributed by atoms with Crippen molar-refractivity contribution in [3.8, 4) is 50.7 Å². The first-order valence-corrected chi connectivity index (χ1v) is 23.2. The normalized spacial score (nSPS) is 15.9. The minimum Gasteiger partial charge on any atom is -0.487 e. The SMILES string of the molecule is CCOC(=O)[C@H]1Cc2cc(ccc2OCc2ccnc(-c3ccccc3C#N)n2)CN(CCN2CCN(C)CC2)Cc2ccc(c(C)c2Cl)-c2c(-c3ccc(F)cc3)sc3ncnc(c23)O1. The Morgan fingerprint density at radius 3 is 2.55 bits per heavy atom. The summed E-state index contributed by atoms with van der Waals surface area (Å²) in [5.41, 5.74) is 7.71. The fourth-order valence-electron chi connectivity index (χ4n) is 8.57. The van der Waals surface area contributed by atoms with Gasteiger partial charge in [-0.3, -0.25) is 9.80 Å². The number of halogens is 2. The number of nitrogens with zero attached hydrogens (tertiary/aromatic N) is 8. The molecule has 1 fully saturated rings. The molecular formula is C51H48ClFN8O4S. The minimum absolute atomic E-state index is 0.0856. The quantitative estimate of drug-likeness (QED) is 0.121. The van der Waals surface area contributed by atoms with Crippen LogP contribution in [0.1, 0.15) is 40.4 Å². The largest absolute Gasteiger partial charge is 0.487 e. The van der Waals surface area contributed by atoms with Crippen LogP contribution in [0.25, 0.3) is 43.2 Å². The van der Waals surface area contributed by atoms with Gasteiger partial charge in [0, 0.05) is 86.0 Å². The molecule has 4 aromatic carbocycles. The number of esters is 1. The molecule has 0 N–H and O–H groups in total. The van der Waals surface area contributed by atoms with Crippen molar-refractivity contribution in [2.24, 2.45) is 0 Å². The number of carbonyl (C=O) groups excluding carboxylic acids is 1. The van der Waals surface area contributed by atoms with Crippen LogP contribution in [-0.4, -0.2) is 99.6 Å². The first kappa shape index (κ1) is 44.8. The van der Waals surface area contributed by atoms with Crippen LogP contribution in [0.5, 0.6) is 11.6 Å². The van der Waals surface area contributed by atoms with Gasteiger partial charge in [-0.2, -0.15) is 5.26 Å². The zero-order valence-corrected chi connectivity index (χ0v) is 38.5. The van der Waals surface area contributed by atoms with Gasteiger partial charge in [-0.15, -0.1) is 11.3 Å². The van der Waals surface area contributed by atoms with Gasteiger partial charge in [0.1, 0.15) is 29.3 Å². The van der Waals surface area contributed by atoms with Crippen LogP contribution in [0, 0.1) is 24.1 Å². The van der Waals surface area contributed by atoms with Crippen LogP contribution < -0.4 is 9.47 Å². The number of hydrogen-bond donors (Lipinski definition) is 0. The second-order valence-corrected chi connectivity index (χ2v) is 17.9. The molecule has 10 rings (SSSR count). The molecule has 4 bridgehead atoms. The maximum atomic E-state index is 14.3. The summed E-state index contributed by atoms with van der Waals surface area (Å²) < 4.78 is 33.4. The van der Waals surface area contributed by atoms with E-state index in [1.807, 2.05) is 25.1 Å². The molecule has 6 heterocycles. The molecule has 336 valence electrons. The summed E-state index contributed by atoms with van der Waals surface area (Å²) in [4.78, 5) is 41.4. The lowest BCUT2D eigenvalue weighted by molar-refractivity contribution is -0.151. The van der Waals surface area contributed by atoms with E-state index < -0.39 is 12.1 Å². The molecule has 0 amide bonds. The monoisotopic (exact) mass is 922 g/mol. The lowest BCUT2D eigenvalue weighted by Crippen LogP contribution is -2.46. The number of rotatable bonds is 10. The first-order valence-electron chi connectivity index (χ1n) is 22.0. The van der Waals surface area contributed by atoms with E-state index in [2.05, 4.69) is 62.1 Å². The molecule has 1 saturated heterocycles. The molecule has 3 aromatic heterocycles. The highest BCUT2D eigenvalue weighted by atomic mass is 35.5. The van der Waals surface area contributed by atoms with Crippen molar-refractivity contribution in [1.82, 2.24) is 34.6 Å². The third-order valence-corrected chi connectivity index (χ3v) is 13.8. The molecular weight excluding hydrogens is 875 g/mol. The molecule has 0 radical (unpaired) electrons. The van der Waals surface area contributed by atoms with E-state index in [1.54, 1.807) is 43.5 Å². The van der Waals surface area contributed by atoms with Gasteiger partial charge in [0.2, 0.25) is 12.0 Å². The lowest BCUT2D eigenvalue weighted by atomic mass is 9.94. The zero-order valence-electron chi connectivity index (χ0n) is 37.0. The van der Waals surface area contributed by atoms with Gasteiger partial charge in [0.05, 0.1) is 29.3 Å². The second-order valence-electron chi connectivity index (χ2n) is 16.6. The number of piperazine rings is 1. The Morgan fingerprint density at radius 2 is 1.74 bits per heavy atom. The van der Waals surface area contributed by atoms with Crippen molar-refractivity contribution in [3.63, 3.8) is 0 Å². The smallest absolute Gasteiger partial charge is 0.347 e. The van der Waals surface area contributed by atoms with Crippen LogP contribution in [0.4, 0.5) is 4.39 Å². The van der Waals surface area contributed by atoms with Gasteiger partial charge in [-0.05, 0) is 90.7 Å². The number of aromatic nitrogens is 4. The molecule has 3 aliphatic rings. The Bertz CT molecular complexity index is 2940. The summed E-state index contributed by atoms with van der Waals surface area (Å²) in [5, 5.41) is 11.0. The predicted octanol–water partition coefficient (Wildman–Crippen LogP) is 9.15. The maximum absolute atomic E-state index is 14.3. The molecule has 66 heavy (non-hydrogen) atoms. The van der Waals surface area contributed by atoms with E-state index in [1.165, 1.54) is 29.8 Å². The molecule has 0 unspecified atom stereocenters. The Labute approximate surface area is 392 Å². The van der Waals surface area contributed by atoms with Gasteiger partial charge in [-0.1, -0.05) is 60.1 Å². The first-order chi connectivity index (χ1) is 32.1. The number of likely N-dealkylation sites (N-methyl/N-ethyl adjacent to an activating group) is 1. The summed E-state index contributed by atoms with van der Waals surface area (Å²) in [6, 6.07) is 27.8. The summed E-state index contributed by atoms with van der Waals surface area (Å²) in [6.07, 6.45) is 2.01. The molecule has 0 saturated carbocycles. The minimum atomic E-state index is -1.15. The van der Waals surface area contributed by atoms with Crippen molar-refractivity contribution >= 4 is 39.1 Å². The van der Waals surface area contributed by atoms with Crippen LogP contribution in [0.15, 0.2) is 97.5 Å². The number of hydrogen-bond acceptors (Lipinski definition) is 13. The summed E-state index contributed by atoms with van der Waals surface area (Å²) in [7, 11) is 2.16. The molecule has 7 aromatic rings. The van der Waals surface area contributed by atoms with Crippen LogP contribution >= 0.6 is 22.9 Å². The number of ether oxygens (including phenoxy) is 3. The number of benzene rings is 4. The van der Waals surface area contributed by atoms with E-state index in [4.69, 9.17) is 35.8 Å². The van der Waals surface area contributed by atoms with Crippen LogP contribution in [0.2, 0.25) is 5.02 Å². The number of carbonyl (C=O) groups is 1. The van der Waals surface area contributed by atoms with Crippen molar-refractivity contribution < 1.29 is 23.4 Å². The maximum Gasteiger partial charge on any atom is 0.347 e. The zero-order chi connectivity index (χ0) is 45.7. The van der Waals surface area contributed by atoms with Crippen molar-refractivity contribution in [2.75, 3.05) is 52.9 Å². The van der Waals surface area contributed by atoms with E-state index in [-0.39, 0.29) is 31.3 Å². The topological polar surface area (TPSA) is 130 Å². The van der Waals surface area contributed by atoms with Crippen LogP contribution in [-0.2, 0) is 35.6 Å². The highest BCUT2D eigenvalue weighted by Gasteiger charge is 2.30. The highest BCUT2D eigenvalue weighted by Crippen LogP contribution is 2.49. The lowest BCUT2D eigenvalue weighted by Gasteiger charge is -2.34. The van der Waals surface area contributed by atoms with Crippen molar-refractivity contribution in [2.45, 2.75) is 46.1 Å². The Balaban J connectivity index is 1.15.